The quantitative estimate of drug-likeness (QED) is 0.829. The van der Waals surface area contributed by atoms with Crippen LogP contribution >= 0.6 is 11.8 Å². The van der Waals surface area contributed by atoms with E-state index < -0.39 is 5.60 Å². The van der Waals surface area contributed by atoms with Crippen LogP contribution in [-0.2, 0) is 4.79 Å². The molecule has 1 heterocycles. The molecule has 3 rings (SSSR count). The summed E-state index contributed by atoms with van der Waals surface area (Å²) in [7, 11) is 0. The van der Waals surface area contributed by atoms with Crippen LogP contribution in [0.1, 0.15) is 32.1 Å². The lowest BCUT2D eigenvalue weighted by atomic mass is 9.85. The highest BCUT2D eigenvalue weighted by Gasteiger charge is 2.29. The number of thioether (sulfide) groups is 1. The maximum Gasteiger partial charge on any atom is 0.257 e. The van der Waals surface area contributed by atoms with Crippen LogP contribution in [0.3, 0.4) is 0 Å². The molecular formula is C16H20N2O3S. The van der Waals surface area contributed by atoms with Crippen molar-refractivity contribution < 1.29 is 14.3 Å². The van der Waals surface area contributed by atoms with Crippen molar-refractivity contribution in [3.63, 3.8) is 0 Å². The maximum atomic E-state index is 11.9. The average Bonchev–Trinajstić information content (AvgIpc) is 2.95. The van der Waals surface area contributed by atoms with Crippen LogP contribution < -0.4 is 5.32 Å². The SMILES string of the molecule is O=C(CSc1nc2ccccc2o1)NCC1(O)CCCCC1. The van der Waals surface area contributed by atoms with E-state index in [2.05, 4.69) is 10.3 Å². The third kappa shape index (κ3) is 3.81. The third-order valence-electron chi connectivity index (χ3n) is 4.00. The number of aliphatic hydroxyl groups is 1. The Hall–Kier alpha value is -1.53. The van der Waals surface area contributed by atoms with Gasteiger partial charge in [0.1, 0.15) is 5.52 Å². The van der Waals surface area contributed by atoms with Crippen LogP contribution in [0.2, 0.25) is 0 Å². The molecule has 6 heteroatoms. The van der Waals surface area contributed by atoms with Gasteiger partial charge in [-0.05, 0) is 25.0 Å². The molecule has 0 radical (unpaired) electrons. The highest BCUT2D eigenvalue weighted by atomic mass is 32.2. The van der Waals surface area contributed by atoms with Crippen LogP contribution in [0.5, 0.6) is 0 Å². The van der Waals surface area contributed by atoms with Crippen LogP contribution in [0.4, 0.5) is 0 Å². The molecule has 0 atom stereocenters. The molecule has 2 N–H and O–H groups in total. The second-order valence-electron chi connectivity index (χ2n) is 5.80. The molecule has 1 amide bonds. The summed E-state index contributed by atoms with van der Waals surface area (Å²) in [4.78, 5) is 16.2. The zero-order valence-electron chi connectivity index (χ0n) is 12.4. The molecule has 2 aromatic rings. The fourth-order valence-electron chi connectivity index (χ4n) is 2.74. The molecule has 1 aromatic heterocycles. The minimum absolute atomic E-state index is 0.105. The number of nitrogens with one attached hydrogen (secondary N) is 1. The Kier molecular flexibility index (Phi) is 4.69. The van der Waals surface area contributed by atoms with Crippen molar-refractivity contribution in [1.29, 1.82) is 0 Å². The topological polar surface area (TPSA) is 75.4 Å². The summed E-state index contributed by atoms with van der Waals surface area (Å²) >= 11 is 1.27. The molecule has 0 bridgehead atoms. The van der Waals surface area contributed by atoms with Gasteiger partial charge in [-0.1, -0.05) is 43.2 Å². The molecule has 1 aliphatic carbocycles. The number of para-hydroxylation sites is 2. The zero-order chi connectivity index (χ0) is 15.4. The number of carbonyl (C=O) groups excluding carboxylic acids is 1. The van der Waals surface area contributed by atoms with E-state index in [9.17, 15) is 9.90 Å². The van der Waals surface area contributed by atoms with Crippen molar-refractivity contribution in [3.05, 3.63) is 24.3 Å². The molecule has 1 aliphatic rings. The van der Waals surface area contributed by atoms with Gasteiger partial charge in [-0.3, -0.25) is 4.79 Å². The van der Waals surface area contributed by atoms with Crippen LogP contribution in [0, 0.1) is 0 Å². The van der Waals surface area contributed by atoms with E-state index in [0.717, 1.165) is 36.8 Å². The number of hydrogen-bond donors (Lipinski definition) is 2. The number of rotatable bonds is 5. The summed E-state index contributed by atoms with van der Waals surface area (Å²) in [5.74, 6) is 0.134. The summed E-state index contributed by atoms with van der Waals surface area (Å²) in [5, 5.41) is 13.7. The molecule has 0 saturated heterocycles. The van der Waals surface area contributed by atoms with Gasteiger partial charge in [0.25, 0.3) is 5.22 Å². The molecule has 1 aromatic carbocycles. The van der Waals surface area contributed by atoms with E-state index in [0.29, 0.717) is 11.8 Å². The fraction of sp³-hybridized carbons (Fsp3) is 0.500. The van der Waals surface area contributed by atoms with E-state index in [1.165, 1.54) is 18.2 Å². The predicted octanol–water partition coefficient (Wildman–Crippen LogP) is 2.73. The van der Waals surface area contributed by atoms with Gasteiger partial charge in [0.05, 0.1) is 11.4 Å². The van der Waals surface area contributed by atoms with Gasteiger partial charge in [-0.15, -0.1) is 0 Å². The summed E-state index contributed by atoms with van der Waals surface area (Å²) in [5.41, 5.74) is 0.791. The van der Waals surface area contributed by atoms with E-state index >= 15 is 0 Å². The smallest absolute Gasteiger partial charge is 0.257 e. The number of hydrogen-bond acceptors (Lipinski definition) is 5. The van der Waals surface area contributed by atoms with Crippen molar-refractivity contribution in [2.24, 2.45) is 0 Å². The molecular weight excluding hydrogens is 300 g/mol. The van der Waals surface area contributed by atoms with Gasteiger partial charge < -0.3 is 14.8 Å². The number of oxazole rings is 1. The van der Waals surface area contributed by atoms with E-state index in [1.54, 1.807) is 0 Å². The van der Waals surface area contributed by atoms with Gasteiger partial charge in [0.2, 0.25) is 5.91 Å². The van der Waals surface area contributed by atoms with Gasteiger partial charge in [0.15, 0.2) is 5.58 Å². The normalized spacial score (nSPS) is 17.5. The van der Waals surface area contributed by atoms with E-state index in [-0.39, 0.29) is 11.7 Å². The molecule has 1 fully saturated rings. The summed E-state index contributed by atoms with van der Waals surface area (Å²) in [6.45, 7) is 0.333. The molecule has 0 spiro atoms. The van der Waals surface area contributed by atoms with E-state index in [1.807, 2.05) is 24.3 Å². The lowest BCUT2D eigenvalue weighted by Gasteiger charge is -2.32. The first-order chi connectivity index (χ1) is 10.6. The second kappa shape index (κ2) is 6.71. The summed E-state index contributed by atoms with van der Waals surface area (Å²) in [6.07, 6.45) is 4.77. The Morgan fingerprint density at radius 2 is 2.09 bits per heavy atom. The van der Waals surface area contributed by atoms with Crippen LogP contribution in [0.25, 0.3) is 11.1 Å². The highest BCUT2D eigenvalue weighted by molar-refractivity contribution is 7.99. The lowest BCUT2D eigenvalue weighted by Crippen LogP contribution is -2.44. The van der Waals surface area contributed by atoms with Gasteiger partial charge >= 0.3 is 0 Å². The number of carbonyl (C=O) groups is 1. The molecule has 118 valence electrons. The minimum Gasteiger partial charge on any atom is -0.431 e. The first-order valence-corrected chi connectivity index (χ1v) is 8.61. The first kappa shape index (κ1) is 15.4. The summed E-state index contributed by atoms with van der Waals surface area (Å²) in [6, 6.07) is 7.52. The second-order valence-corrected chi connectivity index (χ2v) is 6.72. The largest absolute Gasteiger partial charge is 0.431 e. The number of aromatic nitrogens is 1. The Balaban J connectivity index is 1.47. The molecule has 0 aliphatic heterocycles. The maximum absolute atomic E-state index is 11.9. The Bertz CT molecular complexity index is 617. The Morgan fingerprint density at radius 1 is 1.32 bits per heavy atom. The zero-order valence-corrected chi connectivity index (χ0v) is 13.2. The monoisotopic (exact) mass is 320 g/mol. The Labute approximate surface area is 133 Å². The van der Waals surface area contributed by atoms with Crippen LogP contribution in [-0.4, -0.2) is 33.9 Å². The molecule has 5 nitrogen and oxygen atoms in total. The van der Waals surface area contributed by atoms with E-state index in [4.69, 9.17) is 4.42 Å². The van der Waals surface area contributed by atoms with Crippen molar-refractivity contribution >= 4 is 28.8 Å². The number of fused-ring (bicyclic) bond motifs is 1. The van der Waals surface area contributed by atoms with Crippen LogP contribution in [0.15, 0.2) is 33.9 Å². The fourth-order valence-corrected chi connectivity index (χ4v) is 3.41. The molecule has 0 unspecified atom stereocenters. The molecule has 1 saturated carbocycles. The van der Waals surface area contributed by atoms with Gasteiger partial charge in [-0.2, -0.15) is 0 Å². The Morgan fingerprint density at radius 3 is 2.86 bits per heavy atom. The predicted molar refractivity (Wildman–Crippen MR) is 85.8 cm³/mol. The van der Waals surface area contributed by atoms with Crippen molar-refractivity contribution in [1.82, 2.24) is 10.3 Å². The molecule has 22 heavy (non-hydrogen) atoms. The van der Waals surface area contributed by atoms with Gasteiger partial charge in [0, 0.05) is 6.54 Å². The number of nitrogens with zero attached hydrogens (tertiary/aromatic N) is 1. The van der Waals surface area contributed by atoms with Crippen molar-refractivity contribution in [2.45, 2.75) is 42.9 Å². The van der Waals surface area contributed by atoms with Crippen molar-refractivity contribution in [3.8, 4) is 0 Å². The average molecular weight is 320 g/mol. The highest BCUT2D eigenvalue weighted by Crippen LogP contribution is 2.27. The van der Waals surface area contributed by atoms with Crippen molar-refractivity contribution in [2.75, 3.05) is 12.3 Å². The third-order valence-corrected chi connectivity index (χ3v) is 4.83. The number of amides is 1. The van der Waals surface area contributed by atoms with Gasteiger partial charge in [-0.25, -0.2) is 4.98 Å². The lowest BCUT2D eigenvalue weighted by molar-refractivity contribution is -0.120. The standard InChI is InChI=1S/C16H20N2O3S/c19-14(17-11-16(20)8-4-1-5-9-16)10-22-15-18-12-6-2-3-7-13(12)21-15/h2-3,6-7,20H,1,4-5,8-11H2,(H,17,19). The minimum atomic E-state index is -0.726. The summed E-state index contributed by atoms with van der Waals surface area (Å²) < 4.78 is 5.56. The first-order valence-electron chi connectivity index (χ1n) is 7.62. The number of benzene rings is 1.